The van der Waals surface area contributed by atoms with E-state index in [1.165, 1.54) is 4.90 Å². The molecule has 0 radical (unpaired) electrons. The molecule has 0 bridgehead atoms. The van der Waals surface area contributed by atoms with E-state index in [1.807, 2.05) is 6.07 Å². The van der Waals surface area contributed by atoms with Gasteiger partial charge in [-0.15, -0.1) is 0 Å². The Hall–Kier alpha value is -0.980. The van der Waals surface area contributed by atoms with Crippen LogP contribution < -0.4 is 4.90 Å². The van der Waals surface area contributed by atoms with Crippen LogP contribution in [0.15, 0.2) is 18.3 Å². The van der Waals surface area contributed by atoms with Gasteiger partial charge in [0.2, 0.25) is 11.8 Å². The summed E-state index contributed by atoms with van der Waals surface area (Å²) in [6.45, 7) is 0. The van der Waals surface area contributed by atoms with Gasteiger partial charge in [0.15, 0.2) is 0 Å². The zero-order valence-electron chi connectivity index (χ0n) is 7.94. The van der Waals surface area contributed by atoms with Crippen molar-refractivity contribution in [2.45, 2.75) is 19.3 Å². The summed E-state index contributed by atoms with van der Waals surface area (Å²) in [6, 6.07) is 3.53. The highest BCUT2D eigenvalue weighted by Crippen LogP contribution is 2.20. The quantitative estimate of drug-likeness (QED) is 0.586. The van der Waals surface area contributed by atoms with Gasteiger partial charge in [-0.25, -0.2) is 9.88 Å². The molecule has 0 N–H and O–H groups in total. The fourth-order valence-electron chi connectivity index (χ4n) is 1.51. The van der Waals surface area contributed by atoms with Crippen LogP contribution in [0.3, 0.4) is 0 Å². The molecule has 0 spiro atoms. The fourth-order valence-corrected chi connectivity index (χ4v) is 1.83. The average Bonchev–Trinajstić information content (AvgIpc) is 2.20. The van der Waals surface area contributed by atoms with Crippen LogP contribution >= 0.6 is 22.6 Å². The molecule has 0 aromatic carbocycles. The number of nitrogens with zero attached hydrogens (tertiary/aromatic N) is 2. The maximum atomic E-state index is 11.6. The Bertz CT molecular complexity index is 386. The molecule has 2 heterocycles. The zero-order valence-corrected chi connectivity index (χ0v) is 10.1. The van der Waals surface area contributed by atoms with Crippen molar-refractivity contribution in [3.8, 4) is 0 Å². The standard InChI is InChI=1S/C10H9IN2O2/c11-7-4-5-8(12-6-7)13-9(14)2-1-3-10(13)15/h4-6H,1-3H2. The van der Waals surface area contributed by atoms with E-state index in [1.54, 1.807) is 12.3 Å². The Labute approximate surface area is 101 Å². The van der Waals surface area contributed by atoms with E-state index in [4.69, 9.17) is 0 Å². The van der Waals surface area contributed by atoms with E-state index in [2.05, 4.69) is 27.6 Å². The van der Waals surface area contributed by atoms with Crippen LogP contribution in [0.2, 0.25) is 0 Å². The van der Waals surface area contributed by atoms with Crippen LogP contribution in [-0.2, 0) is 9.59 Å². The third-order valence-electron chi connectivity index (χ3n) is 2.22. The lowest BCUT2D eigenvalue weighted by molar-refractivity contribution is -0.129. The number of anilines is 1. The molecule has 15 heavy (non-hydrogen) atoms. The average molecular weight is 316 g/mol. The molecule has 1 fully saturated rings. The van der Waals surface area contributed by atoms with Gasteiger partial charge in [-0.2, -0.15) is 0 Å². The number of rotatable bonds is 1. The number of hydrogen-bond donors (Lipinski definition) is 0. The molecule has 1 saturated heterocycles. The van der Waals surface area contributed by atoms with Crippen molar-refractivity contribution < 1.29 is 9.59 Å². The number of amides is 2. The molecule has 0 saturated carbocycles. The van der Waals surface area contributed by atoms with Crippen molar-refractivity contribution in [3.63, 3.8) is 0 Å². The second-order valence-electron chi connectivity index (χ2n) is 3.31. The molecule has 5 heteroatoms. The highest BCUT2D eigenvalue weighted by molar-refractivity contribution is 14.1. The first kappa shape index (κ1) is 10.5. The van der Waals surface area contributed by atoms with Crippen molar-refractivity contribution in [1.82, 2.24) is 4.98 Å². The summed E-state index contributed by atoms with van der Waals surface area (Å²) in [5.41, 5.74) is 0. The normalized spacial score (nSPS) is 17.0. The van der Waals surface area contributed by atoms with E-state index in [0.29, 0.717) is 25.1 Å². The van der Waals surface area contributed by atoms with Gasteiger partial charge in [-0.05, 0) is 41.1 Å². The smallest absolute Gasteiger partial charge is 0.234 e. The van der Waals surface area contributed by atoms with E-state index >= 15 is 0 Å². The van der Waals surface area contributed by atoms with Gasteiger partial charge in [-0.3, -0.25) is 9.59 Å². The molecule has 1 aromatic heterocycles. The second-order valence-corrected chi connectivity index (χ2v) is 4.56. The highest BCUT2D eigenvalue weighted by atomic mass is 127. The number of halogens is 1. The number of piperidine rings is 1. The molecule has 1 aliphatic rings. The minimum atomic E-state index is -0.153. The summed E-state index contributed by atoms with van der Waals surface area (Å²) in [5.74, 6) is 0.130. The number of aromatic nitrogens is 1. The Balaban J connectivity index is 2.31. The van der Waals surface area contributed by atoms with Crippen LogP contribution in [0.25, 0.3) is 0 Å². The number of imide groups is 1. The first-order chi connectivity index (χ1) is 7.18. The molecule has 2 amide bonds. The van der Waals surface area contributed by atoms with Gasteiger partial charge in [0.1, 0.15) is 5.82 Å². The lowest BCUT2D eigenvalue weighted by Gasteiger charge is -2.23. The van der Waals surface area contributed by atoms with Gasteiger partial charge in [0.05, 0.1) is 0 Å². The fraction of sp³-hybridized carbons (Fsp3) is 0.300. The molecular formula is C10H9IN2O2. The van der Waals surface area contributed by atoms with Crippen molar-refractivity contribution in [2.24, 2.45) is 0 Å². The summed E-state index contributed by atoms with van der Waals surface area (Å²) in [6.07, 6.45) is 3.16. The Morgan fingerprint density at radius 3 is 2.40 bits per heavy atom. The van der Waals surface area contributed by atoms with Crippen LogP contribution in [0, 0.1) is 3.57 Å². The van der Waals surface area contributed by atoms with E-state index < -0.39 is 0 Å². The van der Waals surface area contributed by atoms with Crippen molar-refractivity contribution in [1.29, 1.82) is 0 Å². The Morgan fingerprint density at radius 2 is 1.87 bits per heavy atom. The summed E-state index contributed by atoms with van der Waals surface area (Å²) in [5, 5.41) is 0. The molecule has 78 valence electrons. The predicted molar refractivity (Wildman–Crippen MR) is 63.3 cm³/mol. The molecule has 1 aromatic rings. The minimum absolute atomic E-state index is 0.153. The molecule has 0 aliphatic carbocycles. The largest absolute Gasteiger partial charge is 0.274 e. The van der Waals surface area contributed by atoms with E-state index in [0.717, 1.165) is 3.57 Å². The second kappa shape index (κ2) is 4.26. The van der Waals surface area contributed by atoms with Crippen molar-refractivity contribution in [2.75, 3.05) is 4.90 Å². The number of hydrogen-bond acceptors (Lipinski definition) is 3. The van der Waals surface area contributed by atoms with E-state index in [-0.39, 0.29) is 11.8 Å². The summed E-state index contributed by atoms with van der Waals surface area (Å²) >= 11 is 2.13. The van der Waals surface area contributed by atoms with Crippen LogP contribution in [0.4, 0.5) is 5.82 Å². The minimum Gasteiger partial charge on any atom is -0.274 e. The predicted octanol–water partition coefficient (Wildman–Crippen LogP) is 1.73. The van der Waals surface area contributed by atoms with Crippen LogP contribution in [0.5, 0.6) is 0 Å². The third-order valence-corrected chi connectivity index (χ3v) is 2.86. The number of carbonyl (C=O) groups excluding carboxylic acids is 2. The molecular weight excluding hydrogens is 307 g/mol. The first-order valence-electron chi connectivity index (χ1n) is 4.66. The third kappa shape index (κ3) is 2.17. The molecule has 0 unspecified atom stereocenters. The maximum Gasteiger partial charge on any atom is 0.234 e. The van der Waals surface area contributed by atoms with Crippen molar-refractivity contribution in [3.05, 3.63) is 21.9 Å². The monoisotopic (exact) mass is 316 g/mol. The first-order valence-corrected chi connectivity index (χ1v) is 5.74. The van der Waals surface area contributed by atoms with Gasteiger partial charge in [-0.1, -0.05) is 0 Å². The summed E-state index contributed by atoms with van der Waals surface area (Å²) < 4.78 is 0.980. The molecule has 4 nitrogen and oxygen atoms in total. The van der Waals surface area contributed by atoms with Crippen LogP contribution in [0.1, 0.15) is 19.3 Å². The summed E-state index contributed by atoms with van der Waals surface area (Å²) in [4.78, 5) is 28.4. The Morgan fingerprint density at radius 1 is 1.20 bits per heavy atom. The number of pyridine rings is 1. The lowest BCUT2D eigenvalue weighted by Crippen LogP contribution is -2.40. The van der Waals surface area contributed by atoms with Crippen LogP contribution in [-0.4, -0.2) is 16.8 Å². The molecule has 1 aliphatic heterocycles. The van der Waals surface area contributed by atoms with Crippen molar-refractivity contribution >= 4 is 40.2 Å². The lowest BCUT2D eigenvalue weighted by atomic mass is 10.1. The molecule has 2 rings (SSSR count). The SMILES string of the molecule is O=C1CCCC(=O)N1c1ccc(I)cn1. The summed E-state index contributed by atoms with van der Waals surface area (Å²) in [7, 11) is 0. The Kier molecular flexibility index (Phi) is 2.99. The topological polar surface area (TPSA) is 50.3 Å². The van der Waals surface area contributed by atoms with Gasteiger partial charge < -0.3 is 0 Å². The number of carbonyl (C=O) groups is 2. The van der Waals surface area contributed by atoms with Gasteiger partial charge in [0, 0.05) is 22.6 Å². The maximum absolute atomic E-state index is 11.6. The van der Waals surface area contributed by atoms with Gasteiger partial charge in [0.25, 0.3) is 0 Å². The highest BCUT2D eigenvalue weighted by Gasteiger charge is 2.27. The molecule has 0 atom stereocenters. The van der Waals surface area contributed by atoms with E-state index in [9.17, 15) is 9.59 Å². The zero-order chi connectivity index (χ0) is 10.8. The van der Waals surface area contributed by atoms with Gasteiger partial charge >= 0.3 is 0 Å².